The largest absolute Gasteiger partial charge is 0.332 e. The van der Waals surface area contributed by atoms with E-state index in [1.165, 1.54) is 4.57 Å². The number of aromatic nitrogens is 8. The van der Waals surface area contributed by atoms with E-state index < -0.39 is 0 Å². The number of nitrogens with zero attached hydrogens (tertiary/aromatic N) is 7. The average Bonchev–Trinajstić information content (AvgIpc) is 3.56. The standard InChI is InChI=1S/C29H34N8O2/c1-6-16-36-26-24(27(38)35(7-2)28(36)39)37(23(30-26)17-29(3,4)5)18-19-12-14-20(15-13-19)21-10-8-9-11-22(21)25-31-33-34-32-25/h8-15H,6-7,16-18H2,1-5H3,(H,31,32,33,34). The normalized spacial score (nSPS) is 11.9. The molecule has 2 aromatic carbocycles. The molecule has 39 heavy (non-hydrogen) atoms. The van der Waals surface area contributed by atoms with E-state index in [0.717, 1.165) is 34.5 Å². The van der Waals surface area contributed by atoms with Crippen molar-refractivity contribution in [3.8, 4) is 22.5 Å². The third-order valence-corrected chi connectivity index (χ3v) is 6.78. The molecular formula is C29H34N8O2. The molecular weight excluding hydrogens is 492 g/mol. The molecule has 0 aliphatic carbocycles. The summed E-state index contributed by atoms with van der Waals surface area (Å²) >= 11 is 0. The van der Waals surface area contributed by atoms with Crippen molar-refractivity contribution in [1.29, 1.82) is 0 Å². The number of nitrogens with one attached hydrogen (secondary N) is 1. The van der Waals surface area contributed by atoms with Crippen molar-refractivity contribution in [3.63, 3.8) is 0 Å². The third kappa shape index (κ3) is 5.06. The van der Waals surface area contributed by atoms with Gasteiger partial charge in [-0.1, -0.05) is 76.2 Å². The van der Waals surface area contributed by atoms with Crippen LogP contribution in [-0.2, 0) is 26.1 Å². The van der Waals surface area contributed by atoms with Gasteiger partial charge in [-0.05, 0) is 45.9 Å². The van der Waals surface area contributed by atoms with E-state index in [4.69, 9.17) is 4.98 Å². The highest BCUT2D eigenvalue weighted by atomic mass is 16.2. The second kappa shape index (κ2) is 10.4. The van der Waals surface area contributed by atoms with Crippen LogP contribution in [0.5, 0.6) is 0 Å². The quantitative estimate of drug-likeness (QED) is 0.323. The van der Waals surface area contributed by atoms with Gasteiger partial charge in [-0.25, -0.2) is 14.9 Å². The average molecular weight is 527 g/mol. The van der Waals surface area contributed by atoms with Crippen LogP contribution >= 0.6 is 0 Å². The van der Waals surface area contributed by atoms with Crippen LogP contribution in [-0.4, -0.2) is 39.3 Å². The summed E-state index contributed by atoms with van der Waals surface area (Å²) in [5.41, 5.74) is 4.30. The number of aromatic amines is 1. The molecule has 5 rings (SSSR count). The molecule has 3 heterocycles. The predicted octanol–water partition coefficient (Wildman–Crippen LogP) is 4.27. The number of tetrazole rings is 1. The van der Waals surface area contributed by atoms with Crippen LogP contribution in [0.2, 0.25) is 0 Å². The maximum absolute atomic E-state index is 13.6. The van der Waals surface area contributed by atoms with Gasteiger partial charge >= 0.3 is 5.69 Å². The Morgan fingerprint density at radius 2 is 1.62 bits per heavy atom. The lowest BCUT2D eigenvalue weighted by Gasteiger charge is -2.19. The molecule has 0 aliphatic heterocycles. The summed E-state index contributed by atoms with van der Waals surface area (Å²) in [6.07, 6.45) is 1.44. The smallest absolute Gasteiger partial charge is 0.318 e. The first-order valence-electron chi connectivity index (χ1n) is 13.4. The van der Waals surface area contributed by atoms with Crippen molar-refractivity contribution in [2.45, 2.75) is 67.1 Å². The summed E-state index contributed by atoms with van der Waals surface area (Å²) in [6.45, 7) is 11.6. The SMILES string of the molecule is CCCn1c(=O)n(CC)c(=O)c2c1nc(CC(C)(C)C)n2Cc1ccc(-c2ccccc2-c2nnn[nH]2)cc1. The van der Waals surface area contributed by atoms with Crippen LogP contribution < -0.4 is 11.2 Å². The third-order valence-electron chi connectivity index (χ3n) is 6.78. The van der Waals surface area contributed by atoms with Gasteiger partial charge in [-0.3, -0.25) is 13.9 Å². The number of fused-ring (bicyclic) bond motifs is 1. The van der Waals surface area contributed by atoms with Gasteiger partial charge in [0.15, 0.2) is 17.0 Å². The number of rotatable bonds is 8. The van der Waals surface area contributed by atoms with Gasteiger partial charge in [-0.15, -0.1) is 5.10 Å². The van der Waals surface area contributed by atoms with E-state index in [-0.39, 0.29) is 16.7 Å². The highest BCUT2D eigenvalue weighted by molar-refractivity contribution is 5.80. The molecule has 202 valence electrons. The van der Waals surface area contributed by atoms with Gasteiger partial charge < -0.3 is 4.57 Å². The second-order valence-electron chi connectivity index (χ2n) is 11.0. The monoisotopic (exact) mass is 526 g/mol. The lowest BCUT2D eigenvalue weighted by atomic mass is 9.92. The number of hydrogen-bond acceptors (Lipinski definition) is 6. The fraction of sp³-hybridized carbons (Fsp3) is 0.379. The lowest BCUT2D eigenvalue weighted by molar-refractivity contribution is 0.394. The molecule has 0 amide bonds. The lowest BCUT2D eigenvalue weighted by Crippen LogP contribution is -2.40. The molecule has 5 aromatic rings. The maximum atomic E-state index is 13.6. The highest BCUT2D eigenvalue weighted by Gasteiger charge is 2.24. The van der Waals surface area contributed by atoms with E-state index in [0.29, 0.717) is 43.0 Å². The van der Waals surface area contributed by atoms with Crippen LogP contribution in [0.4, 0.5) is 0 Å². The fourth-order valence-corrected chi connectivity index (χ4v) is 5.01. The predicted molar refractivity (Wildman–Crippen MR) is 152 cm³/mol. The molecule has 1 N–H and O–H groups in total. The molecule has 10 nitrogen and oxygen atoms in total. The zero-order valence-corrected chi connectivity index (χ0v) is 23.1. The number of H-pyrrole nitrogens is 1. The van der Waals surface area contributed by atoms with Crippen molar-refractivity contribution in [1.82, 2.24) is 39.3 Å². The van der Waals surface area contributed by atoms with E-state index in [1.807, 2.05) is 42.7 Å². The molecule has 0 spiro atoms. The maximum Gasteiger partial charge on any atom is 0.332 e. The number of hydrogen-bond donors (Lipinski definition) is 1. The van der Waals surface area contributed by atoms with Gasteiger partial charge in [0.25, 0.3) is 5.56 Å². The van der Waals surface area contributed by atoms with Crippen molar-refractivity contribution < 1.29 is 0 Å². The topological polar surface area (TPSA) is 116 Å². The van der Waals surface area contributed by atoms with Gasteiger partial charge in [-0.2, -0.15) is 0 Å². The Morgan fingerprint density at radius 1 is 0.897 bits per heavy atom. The molecule has 0 saturated carbocycles. The number of aryl methyl sites for hydroxylation is 1. The molecule has 0 unspecified atom stereocenters. The second-order valence-corrected chi connectivity index (χ2v) is 11.0. The number of benzene rings is 2. The first-order chi connectivity index (χ1) is 18.7. The van der Waals surface area contributed by atoms with Crippen molar-refractivity contribution in [2.75, 3.05) is 0 Å². The highest BCUT2D eigenvalue weighted by Crippen LogP contribution is 2.30. The van der Waals surface area contributed by atoms with Crippen LogP contribution in [0.3, 0.4) is 0 Å². The first kappa shape index (κ1) is 26.3. The minimum Gasteiger partial charge on any atom is -0.318 e. The fourth-order valence-electron chi connectivity index (χ4n) is 5.01. The Bertz CT molecular complexity index is 1720. The van der Waals surface area contributed by atoms with E-state index in [1.54, 1.807) is 4.57 Å². The zero-order valence-electron chi connectivity index (χ0n) is 23.1. The molecule has 3 aromatic heterocycles. The Morgan fingerprint density at radius 3 is 2.23 bits per heavy atom. The van der Waals surface area contributed by atoms with Crippen molar-refractivity contribution in [3.05, 3.63) is 80.8 Å². The van der Waals surface area contributed by atoms with E-state index in [9.17, 15) is 9.59 Å². The zero-order chi connectivity index (χ0) is 27.7. The first-order valence-corrected chi connectivity index (χ1v) is 13.4. The van der Waals surface area contributed by atoms with Crippen LogP contribution in [0.25, 0.3) is 33.7 Å². The van der Waals surface area contributed by atoms with E-state index >= 15 is 0 Å². The summed E-state index contributed by atoms with van der Waals surface area (Å²) in [7, 11) is 0. The molecule has 0 aliphatic rings. The van der Waals surface area contributed by atoms with Crippen molar-refractivity contribution >= 4 is 11.2 Å². The Hall–Kier alpha value is -4.34. The van der Waals surface area contributed by atoms with Crippen LogP contribution in [0, 0.1) is 5.41 Å². The Balaban J connectivity index is 1.61. The van der Waals surface area contributed by atoms with Gasteiger partial charge in [0.2, 0.25) is 0 Å². The van der Waals surface area contributed by atoms with Crippen LogP contribution in [0.1, 0.15) is 52.4 Å². The molecule has 0 fully saturated rings. The summed E-state index contributed by atoms with van der Waals surface area (Å²) in [6, 6.07) is 16.2. The number of imidazole rings is 1. The van der Waals surface area contributed by atoms with E-state index in [2.05, 4.69) is 65.7 Å². The van der Waals surface area contributed by atoms with Crippen molar-refractivity contribution in [2.24, 2.45) is 5.41 Å². The molecule has 0 bridgehead atoms. The van der Waals surface area contributed by atoms with Crippen LogP contribution in [0.15, 0.2) is 58.1 Å². The molecule has 10 heteroatoms. The van der Waals surface area contributed by atoms with Gasteiger partial charge in [0.1, 0.15) is 5.82 Å². The summed E-state index contributed by atoms with van der Waals surface area (Å²) in [4.78, 5) is 31.6. The summed E-state index contributed by atoms with van der Waals surface area (Å²) < 4.78 is 4.97. The minimum absolute atomic E-state index is 0.0537. The van der Waals surface area contributed by atoms with Gasteiger partial charge in [0.05, 0.1) is 0 Å². The molecule has 0 radical (unpaired) electrons. The minimum atomic E-state index is -0.297. The molecule has 0 atom stereocenters. The Labute approximate surface area is 226 Å². The molecule has 0 saturated heterocycles. The summed E-state index contributed by atoms with van der Waals surface area (Å²) in [5.74, 6) is 1.41. The Kier molecular flexibility index (Phi) is 7.03. The van der Waals surface area contributed by atoms with Gasteiger partial charge in [0, 0.05) is 31.6 Å². The summed E-state index contributed by atoms with van der Waals surface area (Å²) in [5, 5.41) is 14.3.